The molecule has 2 aromatic rings. The molecule has 0 N–H and O–H groups in total. The molecule has 0 spiro atoms. The lowest BCUT2D eigenvalue weighted by atomic mass is 10.0. The van der Waals surface area contributed by atoms with Crippen LogP contribution < -0.4 is 7.39 Å². The van der Waals surface area contributed by atoms with Crippen molar-refractivity contribution in [2.75, 3.05) is 0 Å². The van der Waals surface area contributed by atoms with E-state index in [1.165, 1.54) is 44.2 Å². The van der Waals surface area contributed by atoms with E-state index in [0.717, 1.165) is 0 Å². The highest BCUT2D eigenvalue weighted by Crippen LogP contribution is 2.08. The Morgan fingerprint density at radius 3 is 1.25 bits per heavy atom. The highest BCUT2D eigenvalue weighted by atomic mass is 79.9. The zero-order valence-corrected chi connectivity index (χ0v) is 17.6. The van der Waals surface area contributed by atoms with E-state index in [0.29, 0.717) is 0 Å². The van der Waals surface area contributed by atoms with E-state index in [4.69, 9.17) is 0 Å². The van der Waals surface area contributed by atoms with Gasteiger partial charge in [-0.1, -0.05) is 48.5 Å². The van der Waals surface area contributed by atoms with Crippen LogP contribution in [0.25, 0.3) is 0 Å². The predicted octanol–water partition coefficient (Wildman–Crippen LogP) is 3.53. The van der Waals surface area contributed by atoms with Crippen molar-refractivity contribution in [3.63, 3.8) is 0 Å². The van der Waals surface area contributed by atoms with Crippen molar-refractivity contribution < 1.29 is 0 Å². The maximum atomic E-state index is 3.62. The number of rotatable bonds is 7. The number of hydrogen-bond donors (Lipinski definition) is 0. The zero-order valence-electron chi connectivity index (χ0n) is 11.6. The van der Waals surface area contributed by atoms with Gasteiger partial charge in [-0.15, -0.1) is 0 Å². The van der Waals surface area contributed by atoms with E-state index in [1.54, 1.807) is 0 Å². The third-order valence-electron chi connectivity index (χ3n) is 3.54. The Morgan fingerprint density at radius 1 is 0.600 bits per heavy atom. The maximum absolute atomic E-state index is 3.62. The summed E-state index contributed by atoms with van der Waals surface area (Å²) in [4.78, 5) is 0. The first kappa shape index (κ1) is 17.3. The van der Waals surface area contributed by atoms with Gasteiger partial charge in [0.15, 0.2) is 0 Å². The molecule has 2 rings (SSSR count). The van der Waals surface area contributed by atoms with Crippen LogP contribution in [0.3, 0.4) is 0 Å². The van der Waals surface area contributed by atoms with Crippen LogP contribution in [0.4, 0.5) is 0 Å². The van der Waals surface area contributed by atoms with E-state index >= 15 is 0 Å². The van der Waals surface area contributed by atoms with Crippen LogP contribution >= 0.6 is 25.8 Å². The molecule has 2 aromatic carbocycles. The molecular weight excluding hydrogens is 401 g/mol. The van der Waals surface area contributed by atoms with Crippen molar-refractivity contribution in [2.24, 2.45) is 0 Å². The van der Waals surface area contributed by atoms with Crippen LogP contribution in [0.15, 0.2) is 48.5 Å². The second kappa shape index (κ2) is 9.85. The average molecular weight is 417 g/mol. The van der Waals surface area contributed by atoms with Gasteiger partial charge in [0.1, 0.15) is 0 Å². The fraction of sp³-hybridized carbons (Fsp3) is 0.250. The van der Waals surface area contributed by atoms with Gasteiger partial charge in [0, 0.05) is 0 Å². The number of halogens is 2. The van der Waals surface area contributed by atoms with Gasteiger partial charge >= 0.3 is 36.4 Å². The van der Waals surface area contributed by atoms with Gasteiger partial charge in [0.25, 0.3) is 0 Å². The molecular formula is C16H16Br2Mg2. The molecule has 20 heavy (non-hydrogen) atoms. The first-order chi connectivity index (χ1) is 9.81. The lowest BCUT2D eigenvalue weighted by Crippen LogP contribution is -2.07. The second-order valence-electron chi connectivity index (χ2n) is 5.11. The van der Waals surface area contributed by atoms with Gasteiger partial charge < -0.3 is 0 Å². The quantitative estimate of drug-likeness (QED) is 0.478. The molecule has 0 aromatic heterocycles. The molecule has 0 saturated heterocycles. The molecule has 0 radical (unpaired) electrons. The summed E-state index contributed by atoms with van der Waals surface area (Å²) in [6.45, 7) is 0. The minimum atomic E-state index is -0.177. The number of hydrogen-bond acceptors (Lipinski definition) is 0. The smallest absolute Gasteiger partial charge is 0.296 e. The van der Waals surface area contributed by atoms with E-state index in [-0.39, 0.29) is 36.4 Å². The minimum Gasteiger partial charge on any atom is -0.296 e. The molecule has 4 heteroatoms. The van der Waals surface area contributed by atoms with Crippen LogP contribution in [0.5, 0.6) is 0 Å². The highest BCUT2D eigenvalue weighted by Gasteiger charge is 1.99. The van der Waals surface area contributed by atoms with Gasteiger partial charge in [0.2, 0.25) is 0 Å². The summed E-state index contributed by atoms with van der Waals surface area (Å²) in [5.41, 5.74) is 2.95. The lowest BCUT2D eigenvalue weighted by Gasteiger charge is -2.04. The van der Waals surface area contributed by atoms with Gasteiger partial charge in [-0.05, 0) is 36.8 Å². The summed E-state index contributed by atoms with van der Waals surface area (Å²) in [6.07, 6.45) is 4.97. The van der Waals surface area contributed by atoms with E-state index in [1.807, 2.05) is 0 Å². The molecule has 0 saturated carbocycles. The van der Waals surface area contributed by atoms with E-state index < -0.39 is 0 Å². The molecule has 0 aliphatic heterocycles. The second-order valence-corrected chi connectivity index (χ2v) is 10.6. The number of benzene rings is 2. The topological polar surface area (TPSA) is 0 Å². The first-order valence-electron chi connectivity index (χ1n) is 7.09. The predicted molar refractivity (Wildman–Crippen MR) is 98.2 cm³/mol. The minimum absolute atomic E-state index is 0.177. The van der Waals surface area contributed by atoms with Crippen molar-refractivity contribution in [1.82, 2.24) is 0 Å². The molecule has 0 bridgehead atoms. The van der Waals surface area contributed by atoms with Crippen molar-refractivity contribution in [1.29, 1.82) is 0 Å². The average Bonchev–Trinajstić information content (AvgIpc) is 2.53. The van der Waals surface area contributed by atoms with Crippen LogP contribution in [0.1, 0.15) is 24.0 Å². The van der Waals surface area contributed by atoms with E-state index in [9.17, 15) is 0 Å². The van der Waals surface area contributed by atoms with Crippen molar-refractivity contribution in [3.05, 3.63) is 59.7 Å². The van der Waals surface area contributed by atoms with E-state index in [2.05, 4.69) is 74.3 Å². The Labute approximate surface area is 153 Å². The summed E-state index contributed by atoms with van der Waals surface area (Å²) >= 11 is 6.89. The van der Waals surface area contributed by atoms with Gasteiger partial charge in [-0.2, -0.15) is 7.39 Å². The molecule has 0 aliphatic rings. The summed E-state index contributed by atoms with van der Waals surface area (Å²) in [5.74, 6) is 0. The summed E-state index contributed by atoms with van der Waals surface area (Å²) < 4.78 is 2.98. The molecule has 98 valence electrons. The fourth-order valence-electron chi connectivity index (χ4n) is 2.25. The Hall–Kier alpha value is 0.932. The molecule has 0 nitrogen and oxygen atoms in total. The summed E-state index contributed by atoms with van der Waals surface area (Å²) in [6, 6.07) is 18.3. The molecule has 0 fully saturated rings. The van der Waals surface area contributed by atoms with Gasteiger partial charge in [0.05, 0.1) is 0 Å². The van der Waals surface area contributed by atoms with Crippen LogP contribution in [0.2, 0.25) is 0 Å². The van der Waals surface area contributed by atoms with Crippen LogP contribution in [-0.2, 0) is 12.8 Å². The third kappa shape index (κ3) is 5.97. The largest absolute Gasteiger partial charge is 0.506 e. The Balaban J connectivity index is 1.72. The maximum Gasteiger partial charge on any atom is 0.506 e. The SMILES string of the molecule is [Br][Mg][c]1ccc(CCCCc2cc[c]([Mg][Br])cc2)cc1. The molecule has 0 amide bonds. The van der Waals surface area contributed by atoms with Crippen LogP contribution in [0, 0.1) is 0 Å². The number of unbranched alkanes of at least 4 members (excludes halogenated alkanes) is 1. The van der Waals surface area contributed by atoms with Crippen molar-refractivity contribution in [3.8, 4) is 0 Å². The van der Waals surface area contributed by atoms with Gasteiger partial charge in [-0.3, -0.25) is 25.8 Å². The van der Waals surface area contributed by atoms with Crippen molar-refractivity contribution in [2.45, 2.75) is 25.7 Å². The first-order valence-corrected chi connectivity index (χ1v) is 16.3. The lowest BCUT2D eigenvalue weighted by molar-refractivity contribution is 0.734. The Bertz CT molecular complexity index is 460. The normalized spacial score (nSPS) is 9.90. The molecule has 0 heterocycles. The molecule has 0 atom stereocenters. The van der Waals surface area contributed by atoms with Gasteiger partial charge in [-0.25, -0.2) is 0 Å². The van der Waals surface area contributed by atoms with Crippen LogP contribution in [-0.4, -0.2) is 36.4 Å². The van der Waals surface area contributed by atoms with Crippen molar-refractivity contribution >= 4 is 69.5 Å². The monoisotopic (exact) mass is 414 g/mol. The summed E-state index contributed by atoms with van der Waals surface area (Å²) in [5, 5.41) is 0. The Morgan fingerprint density at radius 2 is 0.950 bits per heavy atom. The standard InChI is InChI=1S/C16H16.2BrH.2Mg/c1-3-9-15(10-4-1)13-7-8-14-16-11-5-2-6-12-16;;;;/h3-6,9-12H,7-8,13-14H2;2*1H;;/q;;;2*+1/p-2. The Kier molecular flexibility index (Phi) is 8.51. The fourth-order valence-corrected chi connectivity index (χ4v) is 5.32. The zero-order chi connectivity index (χ0) is 14.2. The molecule has 0 aliphatic carbocycles. The molecule has 0 unspecified atom stereocenters. The summed E-state index contributed by atoms with van der Waals surface area (Å²) in [7, 11) is 0. The highest BCUT2D eigenvalue weighted by molar-refractivity contribution is 9.23. The third-order valence-corrected chi connectivity index (χ3v) is 8.98. The number of aryl methyl sites for hydroxylation is 2.